The van der Waals surface area contributed by atoms with Gasteiger partial charge in [0.1, 0.15) is 17.8 Å². The molecule has 0 bridgehead atoms. The van der Waals surface area contributed by atoms with E-state index in [1.54, 1.807) is 71.8 Å². The maximum Gasteiger partial charge on any atom is 0.332 e. The van der Waals surface area contributed by atoms with Crippen molar-refractivity contribution in [2.24, 2.45) is 28.2 Å². The van der Waals surface area contributed by atoms with Crippen LogP contribution in [0, 0.1) is 0 Å². The molecule has 0 unspecified atom stereocenters. The molecule has 8 aromatic rings. The van der Waals surface area contributed by atoms with Crippen LogP contribution in [-0.4, -0.2) is 54.1 Å². The monoisotopic (exact) mass is 1020 g/mol. The van der Waals surface area contributed by atoms with Gasteiger partial charge in [-0.15, -0.1) is 23.2 Å². The van der Waals surface area contributed by atoms with Crippen LogP contribution in [0.15, 0.2) is 125 Å². The average molecular weight is 1030 g/mol. The highest BCUT2D eigenvalue weighted by Crippen LogP contribution is 2.28. The summed E-state index contributed by atoms with van der Waals surface area (Å²) in [6.07, 6.45) is 0.719. The summed E-state index contributed by atoms with van der Waals surface area (Å²) in [6.45, 7) is 0.491. The molecule has 0 aliphatic rings. The van der Waals surface area contributed by atoms with Crippen LogP contribution < -0.4 is 32.0 Å². The lowest BCUT2D eigenvalue weighted by Crippen LogP contribution is -2.37. The van der Waals surface area contributed by atoms with Gasteiger partial charge in [0.05, 0.1) is 25.0 Å². The number of fused-ring (bicyclic) bond motifs is 2. The van der Waals surface area contributed by atoms with Crippen LogP contribution in [0.5, 0.6) is 23.5 Å². The molecule has 16 nitrogen and oxygen atoms in total. The number of carbonyl (C=O) groups is 1. The fraction of sp³-hybridized carbons (Fsp3) is 0.186. The quantitative estimate of drug-likeness (QED) is 0.113. The summed E-state index contributed by atoms with van der Waals surface area (Å²) < 4.78 is 21.8. The van der Waals surface area contributed by atoms with Gasteiger partial charge >= 0.3 is 23.4 Å². The van der Waals surface area contributed by atoms with E-state index in [1.165, 1.54) is 23.2 Å². The molecule has 0 spiro atoms. The van der Waals surface area contributed by atoms with E-state index in [0.29, 0.717) is 35.7 Å². The largest absolute Gasteiger partial charge is 0.425 e. The number of hydrogen-bond acceptors (Lipinski definition) is 10. The molecule has 4 aromatic heterocycles. The number of carbonyl (C=O) groups excluding carboxylic acids is 1. The first kappa shape index (κ1) is 46.5. The average Bonchev–Trinajstić information content (AvgIpc) is 3.81. The Labute approximate surface area is 385 Å². The van der Waals surface area contributed by atoms with Crippen molar-refractivity contribution in [1.29, 1.82) is 0 Å². The summed E-state index contributed by atoms with van der Waals surface area (Å²) in [5.41, 5.74) is 2.10. The molecule has 0 aliphatic heterocycles. The second-order valence-electron chi connectivity index (χ2n) is 13.8. The molecule has 4 heterocycles. The number of aliphatic hydroxyl groups is 1. The highest BCUT2D eigenvalue weighted by Gasteiger charge is 2.23. The number of alkyl halides is 2. The zero-order valence-electron chi connectivity index (χ0n) is 34.0. The lowest BCUT2D eigenvalue weighted by molar-refractivity contribution is 0.112. The minimum absolute atomic E-state index is 0.124. The molecule has 4 aromatic carbocycles. The van der Waals surface area contributed by atoms with E-state index in [1.807, 2.05) is 48.5 Å². The Bertz CT molecular complexity index is 3230. The van der Waals surface area contributed by atoms with Crippen molar-refractivity contribution >= 4 is 83.7 Å². The minimum atomic E-state index is -0.478. The van der Waals surface area contributed by atoms with E-state index in [2.05, 4.69) is 41.8 Å². The number of aliphatic hydroxyl groups excluding tert-OH is 1. The minimum Gasteiger partial charge on any atom is -0.425 e. The maximum absolute atomic E-state index is 12.9. The highest BCUT2D eigenvalue weighted by atomic mass is 79.9. The van der Waals surface area contributed by atoms with E-state index < -0.39 is 22.5 Å². The summed E-state index contributed by atoms with van der Waals surface area (Å²) in [5, 5.41) is 9.58. The van der Waals surface area contributed by atoms with Crippen LogP contribution >= 0.6 is 55.1 Å². The van der Waals surface area contributed by atoms with Gasteiger partial charge in [-0.25, -0.2) is 9.59 Å². The predicted molar refractivity (Wildman–Crippen MR) is 248 cm³/mol. The fourth-order valence-corrected chi connectivity index (χ4v) is 7.40. The summed E-state index contributed by atoms with van der Waals surface area (Å²) in [5.74, 6) is 0.862. The Morgan fingerprint density at radius 3 is 1.44 bits per heavy atom. The van der Waals surface area contributed by atoms with Gasteiger partial charge in [0, 0.05) is 42.7 Å². The number of nitrogens with zero attached hydrogens (tertiary/aromatic N) is 8. The number of ether oxygens (including phenoxy) is 2. The van der Waals surface area contributed by atoms with Gasteiger partial charge in [-0.1, -0.05) is 80.4 Å². The second kappa shape index (κ2) is 20.4. The van der Waals surface area contributed by atoms with Crippen LogP contribution in [0.3, 0.4) is 0 Å². The van der Waals surface area contributed by atoms with Crippen molar-refractivity contribution in [3.63, 3.8) is 0 Å². The summed E-state index contributed by atoms with van der Waals surface area (Å²) in [4.78, 5) is 70.6. The van der Waals surface area contributed by atoms with E-state index in [4.69, 9.17) is 32.7 Å². The van der Waals surface area contributed by atoms with E-state index in [9.17, 15) is 29.1 Å². The number of rotatable bonds is 10. The zero-order chi connectivity index (χ0) is 45.5. The van der Waals surface area contributed by atoms with E-state index in [-0.39, 0.29) is 46.3 Å². The molecule has 0 fully saturated rings. The molecule has 8 rings (SSSR count). The van der Waals surface area contributed by atoms with Crippen LogP contribution in [0.4, 0.5) is 0 Å². The molecule has 1 N–H and O–H groups in total. The predicted octanol–water partition coefficient (Wildman–Crippen LogP) is 6.80. The first-order valence-electron chi connectivity index (χ1n) is 18.7. The maximum atomic E-state index is 12.9. The van der Waals surface area contributed by atoms with Gasteiger partial charge in [-0.2, -0.15) is 9.97 Å². The number of aryl methyl sites for hydroxylation is 2. The van der Waals surface area contributed by atoms with Gasteiger partial charge in [0.25, 0.3) is 11.1 Å². The standard InChI is InChI=1S/C21H19BrN4O4.C21H17BrN4O4.CH2Cl2/c2*1-24-18-17(19(28)25(2)21(24)29)26(11-13-5-3-7-15(22)9-13)20(23-18)30-16-8-4-6-14(10-16)12-27;2-1-3/h3-10,27H,11-12H2,1-2H3;3-10,12H,11H2,1-2H3;1H2. The summed E-state index contributed by atoms with van der Waals surface area (Å²) >= 11 is 16.4. The Morgan fingerprint density at radius 1 is 0.603 bits per heavy atom. The summed E-state index contributed by atoms with van der Waals surface area (Å²) in [6, 6.07) is 29.2. The molecule has 0 atom stereocenters. The zero-order valence-corrected chi connectivity index (χ0v) is 38.7. The molecule has 0 aliphatic carbocycles. The van der Waals surface area contributed by atoms with Crippen LogP contribution in [0.25, 0.3) is 22.3 Å². The molecule has 20 heteroatoms. The molecule has 0 radical (unpaired) electrons. The number of hydrogen-bond donors (Lipinski definition) is 1. The van der Waals surface area contributed by atoms with Crippen molar-refractivity contribution in [2.75, 3.05) is 5.34 Å². The highest BCUT2D eigenvalue weighted by molar-refractivity contribution is 9.10. The molecule has 63 heavy (non-hydrogen) atoms. The van der Waals surface area contributed by atoms with Crippen LogP contribution in [0.1, 0.15) is 27.0 Å². The van der Waals surface area contributed by atoms with E-state index in [0.717, 1.165) is 35.5 Å². The van der Waals surface area contributed by atoms with Gasteiger partial charge in [-0.3, -0.25) is 41.8 Å². The smallest absolute Gasteiger partial charge is 0.332 e. The molecule has 0 saturated carbocycles. The third kappa shape index (κ3) is 10.3. The number of benzene rings is 4. The van der Waals surface area contributed by atoms with Crippen LogP contribution in [-0.2, 0) is 47.9 Å². The Morgan fingerprint density at radius 2 is 1.02 bits per heavy atom. The number of aromatic nitrogens is 8. The Hall–Kier alpha value is -6.05. The number of halogens is 4. The first-order chi connectivity index (χ1) is 30.2. The third-order valence-corrected chi connectivity index (χ3v) is 10.6. The van der Waals surface area contributed by atoms with Crippen molar-refractivity contribution < 1.29 is 19.4 Å². The number of imidazole rings is 2. The lowest BCUT2D eigenvalue weighted by atomic mass is 10.2. The van der Waals surface area contributed by atoms with Gasteiger partial charge in [-0.05, 0) is 65.2 Å². The second-order valence-corrected chi connectivity index (χ2v) is 16.4. The van der Waals surface area contributed by atoms with Crippen molar-refractivity contribution in [2.45, 2.75) is 19.7 Å². The Kier molecular flexibility index (Phi) is 15.1. The van der Waals surface area contributed by atoms with Crippen LogP contribution in [0.2, 0.25) is 0 Å². The molecular weight excluding hydrogens is 987 g/mol. The van der Waals surface area contributed by atoms with E-state index >= 15 is 0 Å². The molecule has 0 amide bonds. The molecular formula is C43H38Br2Cl2N8O8. The molecule has 326 valence electrons. The van der Waals surface area contributed by atoms with Crippen molar-refractivity contribution in [1.82, 2.24) is 37.4 Å². The first-order valence-corrected chi connectivity index (χ1v) is 21.4. The fourth-order valence-electron chi connectivity index (χ4n) is 6.51. The molecule has 0 saturated heterocycles. The normalized spacial score (nSPS) is 10.9. The summed E-state index contributed by atoms with van der Waals surface area (Å²) in [7, 11) is 5.98. The topological polar surface area (TPSA) is 179 Å². The lowest BCUT2D eigenvalue weighted by Gasteiger charge is -2.11. The van der Waals surface area contributed by atoms with Gasteiger partial charge < -0.3 is 14.6 Å². The van der Waals surface area contributed by atoms with Gasteiger partial charge in [0.2, 0.25) is 0 Å². The Balaban J connectivity index is 0.000000198. The third-order valence-electron chi connectivity index (χ3n) is 9.58. The number of aldehydes is 1. The SMILES string of the molecule is ClCCl.Cn1c(=O)c2c(nc(Oc3cccc(C=O)c3)n2Cc2cccc(Br)c2)n(C)c1=O.Cn1c(=O)c2c(nc(Oc3cccc(CO)c3)n2Cc2cccc(Br)c2)n(C)c1=O. The van der Waals surface area contributed by atoms with Crippen molar-refractivity contribution in [3.8, 4) is 23.5 Å². The van der Waals surface area contributed by atoms with Gasteiger partial charge in [0.15, 0.2) is 22.3 Å². The van der Waals surface area contributed by atoms with Crippen molar-refractivity contribution in [3.05, 3.63) is 170 Å².